The lowest BCUT2D eigenvalue weighted by molar-refractivity contribution is -0.138. The number of benzene rings is 1. The van der Waals surface area contributed by atoms with Crippen molar-refractivity contribution < 1.29 is 22.7 Å². The molecule has 8 heteroatoms. The molecule has 1 aliphatic rings. The third-order valence-corrected chi connectivity index (χ3v) is 4.20. The van der Waals surface area contributed by atoms with Crippen LogP contribution in [0.2, 0.25) is 0 Å². The fraction of sp³-hybridized carbons (Fsp3) is 0.474. The van der Waals surface area contributed by atoms with Gasteiger partial charge >= 0.3 is 12.3 Å². The first-order valence-electron chi connectivity index (χ1n) is 8.71. The Hall–Kier alpha value is -2.51. The number of ether oxygens (including phenoxy) is 1. The fourth-order valence-corrected chi connectivity index (χ4v) is 3.02. The third kappa shape index (κ3) is 4.61. The zero-order valence-electron chi connectivity index (χ0n) is 15.5. The highest BCUT2D eigenvalue weighted by atomic mass is 19.4. The summed E-state index contributed by atoms with van der Waals surface area (Å²) in [5.74, 6) is 0.645. The van der Waals surface area contributed by atoms with Crippen LogP contribution in [-0.2, 0) is 30.4 Å². The molecule has 1 aromatic heterocycles. The number of amides is 1. The average molecular weight is 381 g/mol. The van der Waals surface area contributed by atoms with Crippen LogP contribution in [-0.4, -0.2) is 32.7 Å². The number of carbonyl (C=O) groups excluding carboxylic acids is 1. The van der Waals surface area contributed by atoms with Crippen LogP contribution in [0, 0.1) is 0 Å². The van der Waals surface area contributed by atoms with E-state index < -0.39 is 23.4 Å². The van der Waals surface area contributed by atoms with E-state index >= 15 is 0 Å². The largest absolute Gasteiger partial charge is 0.444 e. The quantitative estimate of drug-likeness (QED) is 0.782. The first-order chi connectivity index (χ1) is 12.5. The van der Waals surface area contributed by atoms with Crippen molar-refractivity contribution in [3.63, 3.8) is 0 Å². The molecule has 0 saturated heterocycles. The van der Waals surface area contributed by atoms with Crippen LogP contribution in [0.4, 0.5) is 18.0 Å². The second-order valence-corrected chi connectivity index (χ2v) is 7.58. The molecule has 0 bridgehead atoms. The van der Waals surface area contributed by atoms with E-state index in [1.54, 1.807) is 37.9 Å². The lowest BCUT2D eigenvalue weighted by Gasteiger charge is -2.30. The van der Waals surface area contributed by atoms with Crippen LogP contribution < -0.4 is 0 Å². The van der Waals surface area contributed by atoms with Crippen molar-refractivity contribution in [3.8, 4) is 0 Å². The molecule has 0 atom stereocenters. The summed E-state index contributed by atoms with van der Waals surface area (Å²) < 4.78 is 46.8. The highest BCUT2D eigenvalue weighted by Gasteiger charge is 2.33. The molecule has 0 radical (unpaired) electrons. The standard InChI is InChI=1S/C19H22F3N3O2/c1-18(2,3)27-17(26)25-9-8-24-11-14(23-16(24)12-25)10-13-6-4-5-7-15(13)19(20,21)22/h4-7,11H,8-10,12H2,1-3H3. The van der Waals surface area contributed by atoms with E-state index in [0.29, 0.717) is 24.6 Å². The van der Waals surface area contributed by atoms with Gasteiger partial charge in [-0.05, 0) is 32.4 Å². The molecule has 0 aliphatic carbocycles. The molecule has 0 fully saturated rings. The van der Waals surface area contributed by atoms with Crippen molar-refractivity contribution in [2.75, 3.05) is 6.54 Å². The van der Waals surface area contributed by atoms with E-state index in [9.17, 15) is 18.0 Å². The Balaban J connectivity index is 1.76. The van der Waals surface area contributed by atoms with Gasteiger partial charge < -0.3 is 9.30 Å². The first kappa shape index (κ1) is 19.3. The lowest BCUT2D eigenvalue weighted by atomic mass is 10.0. The van der Waals surface area contributed by atoms with Gasteiger partial charge in [-0.1, -0.05) is 18.2 Å². The number of aromatic nitrogens is 2. The molecule has 3 rings (SSSR count). The van der Waals surface area contributed by atoms with Crippen molar-refractivity contribution >= 4 is 6.09 Å². The van der Waals surface area contributed by atoms with Gasteiger partial charge in [-0.15, -0.1) is 0 Å². The number of fused-ring (bicyclic) bond motifs is 1. The van der Waals surface area contributed by atoms with Gasteiger partial charge in [0.1, 0.15) is 11.4 Å². The minimum Gasteiger partial charge on any atom is -0.444 e. The van der Waals surface area contributed by atoms with Gasteiger partial charge in [0.15, 0.2) is 0 Å². The summed E-state index contributed by atoms with van der Waals surface area (Å²) in [6.07, 6.45) is -2.97. The molecule has 0 N–H and O–H groups in total. The van der Waals surface area contributed by atoms with E-state index in [1.165, 1.54) is 12.1 Å². The number of imidazole rings is 1. The van der Waals surface area contributed by atoms with Crippen LogP contribution >= 0.6 is 0 Å². The molecular formula is C19H22F3N3O2. The second kappa shape index (κ2) is 6.90. The van der Waals surface area contributed by atoms with E-state index in [1.807, 2.05) is 4.57 Å². The Kier molecular flexibility index (Phi) is 4.92. The zero-order chi connectivity index (χ0) is 19.8. The summed E-state index contributed by atoms with van der Waals surface area (Å²) in [6, 6.07) is 5.51. The number of nitrogens with zero attached hydrogens (tertiary/aromatic N) is 3. The normalized spacial score (nSPS) is 14.8. The Morgan fingerprint density at radius 1 is 1.19 bits per heavy atom. The molecule has 1 aliphatic heterocycles. The fourth-order valence-electron chi connectivity index (χ4n) is 3.02. The highest BCUT2D eigenvalue weighted by Crippen LogP contribution is 2.32. The maximum absolute atomic E-state index is 13.2. The van der Waals surface area contributed by atoms with E-state index in [-0.39, 0.29) is 18.5 Å². The number of rotatable bonds is 2. The third-order valence-electron chi connectivity index (χ3n) is 4.20. The predicted molar refractivity (Wildman–Crippen MR) is 93.1 cm³/mol. The monoisotopic (exact) mass is 381 g/mol. The minimum absolute atomic E-state index is 0.0854. The maximum atomic E-state index is 13.2. The van der Waals surface area contributed by atoms with Crippen LogP contribution in [0.1, 0.15) is 43.4 Å². The lowest BCUT2D eigenvalue weighted by Crippen LogP contribution is -2.41. The summed E-state index contributed by atoms with van der Waals surface area (Å²) in [5.41, 5.74) is -0.500. The van der Waals surface area contributed by atoms with Gasteiger partial charge in [-0.25, -0.2) is 9.78 Å². The second-order valence-electron chi connectivity index (χ2n) is 7.58. The molecular weight excluding hydrogens is 359 g/mol. The topological polar surface area (TPSA) is 47.4 Å². The van der Waals surface area contributed by atoms with Crippen molar-refractivity contribution in [3.05, 3.63) is 53.1 Å². The molecule has 0 unspecified atom stereocenters. The van der Waals surface area contributed by atoms with Crippen molar-refractivity contribution in [2.45, 2.75) is 52.1 Å². The van der Waals surface area contributed by atoms with Gasteiger partial charge in [-0.2, -0.15) is 13.2 Å². The van der Waals surface area contributed by atoms with Crippen molar-refractivity contribution in [1.82, 2.24) is 14.5 Å². The van der Waals surface area contributed by atoms with E-state index in [2.05, 4.69) is 4.98 Å². The predicted octanol–water partition coefficient (Wildman–Crippen LogP) is 4.24. The molecule has 5 nitrogen and oxygen atoms in total. The Morgan fingerprint density at radius 3 is 2.56 bits per heavy atom. The number of hydrogen-bond acceptors (Lipinski definition) is 3. The average Bonchev–Trinajstić information content (AvgIpc) is 2.94. The molecule has 2 aromatic rings. The SMILES string of the molecule is CC(C)(C)OC(=O)N1CCn2cc(Cc3ccccc3C(F)(F)F)nc2C1. The molecule has 146 valence electrons. The van der Waals surface area contributed by atoms with Crippen molar-refractivity contribution in [1.29, 1.82) is 0 Å². The number of halogens is 3. The number of hydrogen-bond donors (Lipinski definition) is 0. The Bertz CT molecular complexity index is 837. The summed E-state index contributed by atoms with van der Waals surface area (Å²) in [5, 5.41) is 0. The van der Waals surface area contributed by atoms with Gasteiger partial charge in [-0.3, -0.25) is 4.90 Å². The van der Waals surface area contributed by atoms with Gasteiger partial charge in [0, 0.05) is 25.7 Å². The number of carbonyl (C=O) groups is 1. The molecule has 1 aromatic carbocycles. The van der Waals surface area contributed by atoms with Crippen molar-refractivity contribution in [2.24, 2.45) is 0 Å². The summed E-state index contributed by atoms with van der Waals surface area (Å²) in [6.45, 7) is 6.67. The smallest absolute Gasteiger partial charge is 0.416 e. The highest BCUT2D eigenvalue weighted by molar-refractivity contribution is 5.68. The van der Waals surface area contributed by atoms with Crippen LogP contribution in [0.5, 0.6) is 0 Å². The van der Waals surface area contributed by atoms with Gasteiger partial charge in [0.05, 0.1) is 17.8 Å². The van der Waals surface area contributed by atoms with Crippen LogP contribution in [0.3, 0.4) is 0 Å². The molecule has 0 saturated carbocycles. The van der Waals surface area contributed by atoms with Crippen LogP contribution in [0.25, 0.3) is 0 Å². The molecule has 27 heavy (non-hydrogen) atoms. The Labute approximate surface area is 155 Å². The first-order valence-corrected chi connectivity index (χ1v) is 8.71. The molecule has 0 spiro atoms. The summed E-state index contributed by atoms with van der Waals surface area (Å²) in [4.78, 5) is 18.2. The van der Waals surface area contributed by atoms with Gasteiger partial charge in [0.2, 0.25) is 0 Å². The van der Waals surface area contributed by atoms with Gasteiger partial charge in [0.25, 0.3) is 0 Å². The molecule has 2 heterocycles. The van der Waals surface area contributed by atoms with E-state index in [0.717, 1.165) is 6.07 Å². The minimum atomic E-state index is -4.40. The van der Waals surface area contributed by atoms with E-state index in [4.69, 9.17) is 4.74 Å². The zero-order valence-corrected chi connectivity index (χ0v) is 15.5. The number of alkyl halides is 3. The summed E-state index contributed by atoms with van der Waals surface area (Å²) in [7, 11) is 0. The summed E-state index contributed by atoms with van der Waals surface area (Å²) >= 11 is 0. The molecule has 1 amide bonds. The van der Waals surface area contributed by atoms with Crippen LogP contribution in [0.15, 0.2) is 30.5 Å². The maximum Gasteiger partial charge on any atom is 0.416 e. The Morgan fingerprint density at radius 2 is 1.89 bits per heavy atom.